The predicted octanol–water partition coefficient (Wildman–Crippen LogP) is 6.71. The molecule has 0 aromatic carbocycles. The average molecular weight is 338 g/mol. The maximum Gasteiger partial charge on any atom is 0.120 e. The number of aromatic nitrogens is 1. The highest BCUT2D eigenvalue weighted by Crippen LogP contribution is 2.17. The zero-order valence-electron chi connectivity index (χ0n) is 14.9. The first-order valence-corrected chi connectivity index (χ1v) is 10.1. The van der Waals surface area contributed by atoms with Gasteiger partial charge in [0.05, 0.1) is 5.03 Å². The number of pyridine rings is 1. The second-order valence-electron chi connectivity index (χ2n) is 6.67. The first-order valence-electron chi connectivity index (χ1n) is 9.61. The van der Waals surface area contributed by atoms with Crippen molar-refractivity contribution in [2.75, 3.05) is 0 Å². The molecule has 0 aliphatic heterocycles. The molecule has 0 radical (unpaired) electrons. The van der Waals surface area contributed by atoms with Gasteiger partial charge in [0.2, 0.25) is 0 Å². The number of rotatable bonds is 14. The van der Waals surface area contributed by atoms with Crippen LogP contribution in [0.25, 0.3) is 0 Å². The second-order valence-corrected chi connectivity index (χ2v) is 7.13. The standard InChI is InChI=1S/C20H35NOS/c1-2-3-4-5-6-7-8-9-10-11-12-13-14-15-18-16-19(22)17-20(23)21-18/h16-17H,2-15H2,1H3,(H2,21,22,23). The van der Waals surface area contributed by atoms with Crippen molar-refractivity contribution in [3.8, 4) is 5.75 Å². The van der Waals surface area contributed by atoms with E-state index in [1.807, 2.05) is 0 Å². The molecule has 1 aromatic rings. The van der Waals surface area contributed by atoms with Crippen LogP contribution in [0.15, 0.2) is 17.2 Å². The highest BCUT2D eigenvalue weighted by Gasteiger charge is 2.00. The molecule has 0 bridgehead atoms. The summed E-state index contributed by atoms with van der Waals surface area (Å²) < 4.78 is 0. The van der Waals surface area contributed by atoms with E-state index in [1.54, 1.807) is 12.1 Å². The number of unbranched alkanes of at least 4 members (excludes halogenated alkanes) is 12. The van der Waals surface area contributed by atoms with E-state index in [9.17, 15) is 5.11 Å². The van der Waals surface area contributed by atoms with Crippen molar-refractivity contribution in [2.24, 2.45) is 0 Å². The van der Waals surface area contributed by atoms with Crippen LogP contribution in [-0.2, 0) is 6.42 Å². The van der Waals surface area contributed by atoms with Crippen molar-refractivity contribution in [1.82, 2.24) is 4.98 Å². The number of aryl methyl sites for hydroxylation is 1. The van der Waals surface area contributed by atoms with E-state index >= 15 is 0 Å². The molecule has 1 heterocycles. The fraction of sp³-hybridized carbons (Fsp3) is 0.750. The van der Waals surface area contributed by atoms with Crippen molar-refractivity contribution in [1.29, 1.82) is 0 Å². The number of hydrogen-bond donors (Lipinski definition) is 2. The molecule has 0 saturated heterocycles. The fourth-order valence-corrected chi connectivity index (χ4v) is 3.27. The Morgan fingerprint density at radius 3 is 1.74 bits per heavy atom. The zero-order chi connectivity index (χ0) is 16.8. The van der Waals surface area contributed by atoms with Gasteiger partial charge in [-0.3, -0.25) is 0 Å². The van der Waals surface area contributed by atoms with Crippen LogP contribution in [-0.4, -0.2) is 10.1 Å². The van der Waals surface area contributed by atoms with Crippen LogP contribution in [0.2, 0.25) is 0 Å². The van der Waals surface area contributed by atoms with Crippen molar-refractivity contribution in [3.05, 3.63) is 17.8 Å². The van der Waals surface area contributed by atoms with Gasteiger partial charge in [0.25, 0.3) is 0 Å². The first kappa shape index (κ1) is 20.3. The van der Waals surface area contributed by atoms with E-state index in [2.05, 4.69) is 24.5 Å². The van der Waals surface area contributed by atoms with Gasteiger partial charge < -0.3 is 5.11 Å². The zero-order valence-corrected chi connectivity index (χ0v) is 15.8. The molecule has 1 rings (SSSR count). The number of thiol groups is 1. The summed E-state index contributed by atoms with van der Waals surface area (Å²) in [5.74, 6) is 0.273. The normalized spacial score (nSPS) is 11.0. The minimum Gasteiger partial charge on any atom is -0.508 e. The third-order valence-corrected chi connectivity index (χ3v) is 4.62. The molecule has 132 valence electrons. The molecule has 0 aliphatic carbocycles. The van der Waals surface area contributed by atoms with Gasteiger partial charge in [0.15, 0.2) is 0 Å². The summed E-state index contributed by atoms with van der Waals surface area (Å²) in [5.41, 5.74) is 0.957. The summed E-state index contributed by atoms with van der Waals surface area (Å²) >= 11 is 4.20. The summed E-state index contributed by atoms with van der Waals surface area (Å²) in [4.78, 5) is 4.33. The molecule has 23 heavy (non-hydrogen) atoms. The third kappa shape index (κ3) is 11.5. The first-order chi connectivity index (χ1) is 11.2. The van der Waals surface area contributed by atoms with E-state index in [0.717, 1.165) is 18.5 Å². The summed E-state index contributed by atoms with van der Waals surface area (Å²) in [5, 5.41) is 10.1. The molecule has 0 amide bonds. The van der Waals surface area contributed by atoms with Gasteiger partial charge in [-0.25, -0.2) is 4.98 Å². The smallest absolute Gasteiger partial charge is 0.120 e. The highest BCUT2D eigenvalue weighted by atomic mass is 32.1. The van der Waals surface area contributed by atoms with Gasteiger partial charge in [0, 0.05) is 17.8 Å². The van der Waals surface area contributed by atoms with Gasteiger partial charge in [-0.2, -0.15) is 0 Å². The minimum atomic E-state index is 0.273. The summed E-state index contributed by atoms with van der Waals surface area (Å²) in [6.07, 6.45) is 18.7. The summed E-state index contributed by atoms with van der Waals surface area (Å²) in [7, 11) is 0. The molecular formula is C20H35NOS. The Morgan fingerprint density at radius 2 is 1.26 bits per heavy atom. The molecule has 0 atom stereocenters. The van der Waals surface area contributed by atoms with Gasteiger partial charge in [-0.1, -0.05) is 84.0 Å². The SMILES string of the molecule is CCCCCCCCCCCCCCCc1cc(O)cc(S)n1. The van der Waals surface area contributed by atoms with Crippen molar-refractivity contribution < 1.29 is 5.11 Å². The van der Waals surface area contributed by atoms with Crippen molar-refractivity contribution >= 4 is 12.6 Å². The lowest BCUT2D eigenvalue weighted by Gasteiger charge is -2.04. The topological polar surface area (TPSA) is 33.1 Å². The number of aromatic hydroxyl groups is 1. The largest absolute Gasteiger partial charge is 0.508 e. The maximum atomic E-state index is 9.51. The van der Waals surface area contributed by atoms with Gasteiger partial charge in [-0.15, -0.1) is 12.6 Å². The van der Waals surface area contributed by atoms with E-state index in [1.165, 1.54) is 77.0 Å². The summed E-state index contributed by atoms with van der Waals surface area (Å²) in [6.45, 7) is 2.28. The number of nitrogens with zero attached hydrogens (tertiary/aromatic N) is 1. The minimum absolute atomic E-state index is 0.273. The Hall–Kier alpha value is -0.700. The van der Waals surface area contributed by atoms with Gasteiger partial charge in [-0.05, 0) is 12.8 Å². The second kappa shape index (κ2) is 13.7. The predicted molar refractivity (Wildman–Crippen MR) is 103 cm³/mol. The Bertz CT molecular complexity index is 388. The lowest BCUT2D eigenvalue weighted by atomic mass is 10.0. The molecule has 1 aromatic heterocycles. The van der Waals surface area contributed by atoms with E-state index in [4.69, 9.17) is 0 Å². The van der Waals surface area contributed by atoms with E-state index < -0.39 is 0 Å². The monoisotopic (exact) mass is 337 g/mol. The van der Waals surface area contributed by atoms with Gasteiger partial charge >= 0.3 is 0 Å². The lowest BCUT2D eigenvalue weighted by Crippen LogP contribution is -1.91. The van der Waals surface area contributed by atoms with Crippen LogP contribution in [0.4, 0.5) is 0 Å². The molecule has 0 unspecified atom stereocenters. The van der Waals surface area contributed by atoms with Crippen LogP contribution in [0.3, 0.4) is 0 Å². The molecule has 1 N–H and O–H groups in total. The maximum absolute atomic E-state index is 9.51. The van der Waals surface area contributed by atoms with Crippen LogP contribution in [0.5, 0.6) is 5.75 Å². The van der Waals surface area contributed by atoms with Crippen molar-refractivity contribution in [3.63, 3.8) is 0 Å². The fourth-order valence-electron chi connectivity index (χ4n) is 3.01. The molecule has 0 spiro atoms. The quantitative estimate of drug-likeness (QED) is 0.292. The van der Waals surface area contributed by atoms with E-state index in [0.29, 0.717) is 5.03 Å². The highest BCUT2D eigenvalue weighted by molar-refractivity contribution is 7.80. The molecule has 2 nitrogen and oxygen atoms in total. The molecular weight excluding hydrogens is 302 g/mol. The van der Waals surface area contributed by atoms with E-state index in [-0.39, 0.29) is 5.75 Å². The average Bonchev–Trinajstić information content (AvgIpc) is 2.51. The number of hydrogen-bond acceptors (Lipinski definition) is 3. The van der Waals surface area contributed by atoms with Gasteiger partial charge in [0.1, 0.15) is 5.75 Å². The van der Waals surface area contributed by atoms with Crippen molar-refractivity contribution in [2.45, 2.75) is 102 Å². The Balaban J connectivity index is 1.86. The molecule has 3 heteroatoms. The van der Waals surface area contributed by atoms with Crippen LogP contribution >= 0.6 is 12.6 Å². The molecule has 0 aliphatic rings. The Kier molecular flexibility index (Phi) is 12.1. The lowest BCUT2D eigenvalue weighted by molar-refractivity contribution is 0.470. The molecule has 0 fully saturated rings. The van der Waals surface area contributed by atoms with Crippen LogP contribution < -0.4 is 0 Å². The Morgan fingerprint density at radius 1 is 0.783 bits per heavy atom. The Labute approximate surface area is 148 Å². The van der Waals surface area contributed by atoms with Crippen LogP contribution in [0.1, 0.15) is 96.1 Å². The third-order valence-electron chi connectivity index (χ3n) is 4.39. The summed E-state index contributed by atoms with van der Waals surface area (Å²) in [6, 6.07) is 3.33. The van der Waals surface area contributed by atoms with Crippen LogP contribution in [0, 0.1) is 0 Å². The molecule has 0 saturated carbocycles.